The lowest BCUT2D eigenvalue weighted by atomic mass is 9.93. The first-order chi connectivity index (χ1) is 9.54. The van der Waals surface area contributed by atoms with Crippen LogP contribution in [0, 0.1) is 17.2 Å². The van der Waals surface area contributed by atoms with Gasteiger partial charge in [0.15, 0.2) is 0 Å². The van der Waals surface area contributed by atoms with Gasteiger partial charge in [-0.1, -0.05) is 0 Å². The summed E-state index contributed by atoms with van der Waals surface area (Å²) in [6.07, 6.45) is 1.42. The van der Waals surface area contributed by atoms with Crippen molar-refractivity contribution < 1.29 is 13.2 Å². The number of carbonyl (C=O) groups excluding carboxylic acids is 1. The minimum absolute atomic E-state index is 0.0567. The molecule has 3 rings (SSSR count). The molecule has 1 N–H and O–H groups in total. The maximum Gasteiger partial charge on any atom is 0.252 e. The Morgan fingerprint density at radius 1 is 1.45 bits per heavy atom. The Morgan fingerprint density at radius 3 is 2.95 bits per heavy atom. The zero-order chi connectivity index (χ0) is 14.3. The van der Waals surface area contributed by atoms with Gasteiger partial charge in [0.25, 0.3) is 10.0 Å². The van der Waals surface area contributed by atoms with E-state index in [1.54, 1.807) is 0 Å². The summed E-state index contributed by atoms with van der Waals surface area (Å²) in [6.45, 7) is 0.803. The van der Waals surface area contributed by atoms with E-state index in [0.717, 1.165) is 17.8 Å². The molecule has 2 fully saturated rings. The molecule has 0 aromatic carbocycles. The molecule has 2 aliphatic heterocycles. The maximum absolute atomic E-state index is 12.7. The second-order valence-electron chi connectivity index (χ2n) is 4.91. The highest BCUT2D eigenvalue weighted by atomic mass is 32.2. The molecule has 0 aliphatic carbocycles. The molecular weight excluding hydrogens is 298 g/mol. The Balaban J connectivity index is 1.95. The summed E-state index contributed by atoms with van der Waals surface area (Å²) in [5.41, 5.74) is 0. The molecule has 2 unspecified atom stereocenters. The first kappa shape index (κ1) is 13.5. The van der Waals surface area contributed by atoms with Crippen LogP contribution in [-0.4, -0.2) is 37.8 Å². The number of sulfonamides is 1. The standard InChI is InChI=1S/C12H13N3O3S2/c13-6-8-3-4-11(19-8)20(17,18)15-5-1-2-9-10(15)7-14-12(9)16/h3-4,9-10H,1-2,5,7H2,(H,14,16). The molecule has 20 heavy (non-hydrogen) atoms. The summed E-state index contributed by atoms with van der Waals surface area (Å²) in [4.78, 5) is 12.1. The summed E-state index contributed by atoms with van der Waals surface area (Å²) in [7, 11) is -3.62. The summed E-state index contributed by atoms with van der Waals surface area (Å²) < 4.78 is 26.9. The fourth-order valence-electron chi connectivity index (χ4n) is 2.84. The Kier molecular flexibility index (Phi) is 3.28. The average Bonchev–Trinajstić information content (AvgIpc) is 3.06. The molecule has 0 saturated carbocycles. The lowest BCUT2D eigenvalue weighted by molar-refractivity contribution is -0.123. The number of hydrogen-bond donors (Lipinski definition) is 1. The largest absolute Gasteiger partial charge is 0.354 e. The molecule has 3 heterocycles. The van der Waals surface area contributed by atoms with Crippen LogP contribution in [0.3, 0.4) is 0 Å². The SMILES string of the molecule is N#Cc1ccc(S(=O)(=O)N2CCCC3C(=O)NCC32)s1. The van der Waals surface area contributed by atoms with Crippen LogP contribution in [0.1, 0.15) is 17.7 Å². The number of carbonyl (C=O) groups is 1. The third-order valence-electron chi connectivity index (χ3n) is 3.80. The minimum atomic E-state index is -3.62. The quantitative estimate of drug-likeness (QED) is 0.862. The third-order valence-corrected chi connectivity index (χ3v) is 7.19. The molecule has 2 atom stereocenters. The first-order valence-corrected chi connectivity index (χ1v) is 8.59. The lowest BCUT2D eigenvalue weighted by Crippen LogP contribution is -2.48. The van der Waals surface area contributed by atoms with Gasteiger partial charge in [0.2, 0.25) is 5.91 Å². The predicted molar refractivity (Wildman–Crippen MR) is 72.4 cm³/mol. The van der Waals surface area contributed by atoms with Gasteiger partial charge in [0, 0.05) is 13.1 Å². The van der Waals surface area contributed by atoms with Crippen molar-refractivity contribution in [2.24, 2.45) is 5.92 Å². The molecule has 1 aromatic heterocycles. The second-order valence-corrected chi connectivity index (χ2v) is 8.11. The van der Waals surface area contributed by atoms with E-state index in [2.05, 4.69) is 5.32 Å². The van der Waals surface area contributed by atoms with Crippen molar-refractivity contribution in [2.45, 2.75) is 23.1 Å². The van der Waals surface area contributed by atoms with Crippen molar-refractivity contribution in [3.63, 3.8) is 0 Å². The van der Waals surface area contributed by atoms with Crippen molar-refractivity contribution in [1.29, 1.82) is 5.26 Å². The molecule has 106 valence electrons. The van der Waals surface area contributed by atoms with Crippen LogP contribution in [0.25, 0.3) is 0 Å². The van der Waals surface area contributed by atoms with Gasteiger partial charge in [-0.2, -0.15) is 9.57 Å². The summed E-state index contributed by atoms with van der Waals surface area (Å²) in [6, 6.07) is 4.62. The lowest BCUT2D eigenvalue weighted by Gasteiger charge is -2.34. The minimum Gasteiger partial charge on any atom is -0.354 e. The van der Waals surface area contributed by atoms with E-state index in [9.17, 15) is 13.2 Å². The molecule has 8 heteroatoms. The number of piperidine rings is 1. The van der Waals surface area contributed by atoms with Gasteiger partial charge in [-0.25, -0.2) is 8.42 Å². The molecule has 0 bridgehead atoms. The molecule has 2 saturated heterocycles. The van der Waals surface area contributed by atoms with E-state index in [4.69, 9.17) is 5.26 Å². The van der Waals surface area contributed by atoms with Crippen LogP contribution in [0.5, 0.6) is 0 Å². The highest BCUT2D eigenvalue weighted by Crippen LogP contribution is 2.33. The van der Waals surface area contributed by atoms with Crippen LogP contribution >= 0.6 is 11.3 Å². The van der Waals surface area contributed by atoms with E-state index in [-0.39, 0.29) is 22.1 Å². The smallest absolute Gasteiger partial charge is 0.252 e. The average molecular weight is 311 g/mol. The summed E-state index contributed by atoms with van der Waals surface area (Å²) >= 11 is 0.972. The molecule has 2 aliphatic rings. The van der Waals surface area contributed by atoms with Gasteiger partial charge < -0.3 is 5.32 Å². The van der Waals surface area contributed by atoms with Crippen LogP contribution < -0.4 is 5.32 Å². The van der Waals surface area contributed by atoms with Gasteiger partial charge >= 0.3 is 0 Å². The predicted octanol–water partition coefficient (Wildman–Crippen LogP) is 0.519. The summed E-state index contributed by atoms with van der Waals surface area (Å²) in [5, 5.41) is 11.5. The Labute approximate surface area is 121 Å². The second kappa shape index (κ2) is 4.84. The maximum atomic E-state index is 12.7. The van der Waals surface area contributed by atoms with Crippen molar-refractivity contribution in [2.75, 3.05) is 13.1 Å². The third kappa shape index (κ3) is 2.02. The molecule has 0 spiro atoms. The zero-order valence-electron chi connectivity index (χ0n) is 10.6. The number of nitriles is 1. The van der Waals surface area contributed by atoms with Crippen LogP contribution in [0.4, 0.5) is 0 Å². The van der Waals surface area contributed by atoms with E-state index >= 15 is 0 Å². The van der Waals surface area contributed by atoms with E-state index < -0.39 is 10.0 Å². The first-order valence-electron chi connectivity index (χ1n) is 6.33. The van der Waals surface area contributed by atoms with Crippen molar-refractivity contribution in [3.05, 3.63) is 17.0 Å². The van der Waals surface area contributed by atoms with Gasteiger partial charge in [0.1, 0.15) is 15.2 Å². The van der Waals surface area contributed by atoms with Crippen LogP contribution in [-0.2, 0) is 14.8 Å². The Hall–Kier alpha value is -1.43. The highest BCUT2D eigenvalue weighted by molar-refractivity contribution is 7.91. The van der Waals surface area contributed by atoms with Crippen LogP contribution in [0.15, 0.2) is 16.3 Å². The number of rotatable bonds is 2. The Bertz CT molecular complexity index is 689. The molecule has 1 aromatic rings. The van der Waals surface area contributed by atoms with Crippen molar-refractivity contribution in [3.8, 4) is 6.07 Å². The van der Waals surface area contributed by atoms with E-state index in [0.29, 0.717) is 24.4 Å². The van der Waals surface area contributed by atoms with Crippen molar-refractivity contribution >= 4 is 27.3 Å². The Morgan fingerprint density at radius 2 is 2.25 bits per heavy atom. The number of fused-ring (bicyclic) bond motifs is 1. The fourth-order valence-corrected chi connectivity index (χ4v) is 5.78. The van der Waals surface area contributed by atoms with Gasteiger partial charge in [0.05, 0.1) is 12.0 Å². The van der Waals surface area contributed by atoms with Gasteiger partial charge in [-0.15, -0.1) is 11.3 Å². The summed E-state index contributed by atoms with van der Waals surface area (Å²) in [5.74, 6) is -0.298. The van der Waals surface area contributed by atoms with E-state index in [1.807, 2.05) is 6.07 Å². The molecule has 6 nitrogen and oxygen atoms in total. The van der Waals surface area contributed by atoms with Crippen LogP contribution in [0.2, 0.25) is 0 Å². The normalized spacial score (nSPS) is 26.9. The van der Waals surface area contributed by atoms with E-state index in [1.165, 1.54) is 16.4 Å². The fraction of sp³-hybridized carbons (Fsp3) is 0.500. The topological polar surface area (TPSA) is 90.3 Å². The number of nitrogens with zero attached hydrogens (tertiary/aromatic N) is 2. The number of thiophene rings is 1. The molecular formula is C12H13N3O3S2. The van der Waals surface area contributed by atoms with Gasteiger partial charge in [-0.3, -0.25) is 4.79 Å². The molecule has 1 amide bonds. The molecule has 0 radical (unpaired) electrons. The number of hydrogen-bond acceptors (Lipinski definition) is 5. The monoisotopic (exact) mass is 311 g/mol. The zero-order valence-corrected chi connectivity index (χ0v) is 12.2. The number of nitrogens with one attached hydrogen (secondary N) is 1. The van der Waals surface area contributed by atoms with Gasteiger partial charge in [-0.05, 0) is 25.0 Å². The number of amides is 1. The highest BCUT2D eigenvalue weighted by Gasteiger charge is 2.45. The van der Waals surface area contributed by atoms with Crippen molar-refractivity contribution in [1.82, 2.24) is 9.62 Å².